The first-order chi connectivity index (χ1) is 13.3. The van der Waals surface area contributed by atoms with Crippen LogP contribution < -0.4 is 4.90 Å². The van der Waals surface area contributed by atoms with Crippen LogP contribution in [-0.4, -0.2) is 40.6 Å². The molecule has 2 aliphatic rings. The summed E-state index contributed by atoms with van der Waals surface area (Å²) in [5, 5.41) is 10.8. The van der Waals surface area contributed by atoms with E-state index in [4.69, 9.17) is 0 Å². The van der Waals surface area contributed by atoms with Gasteiger partial charge in [0.15, 0.2) is 11.5 Å². The van der Waals surface area contributed by atoms with Gasteiger partial charge in [0.2, 0.25) is 0 Å². The fraction of sp³-hybridized carbons (Fsp3) is 0.318. The standard InChI is InChI=1S/C22H22N4O/c27-22(26-14-11-16-7-1-2-8-17(16)15-26)20-18-9-3-4-10-19(18)21(24-23-20)25-12-5-6-13-25/h1-4,7-10H,5-6,11-15H2. The van der Waals surface area contributed by atoms with E-state index < -0.39 is 0 Å². The molecule has 5 nitrogen and oxygen atoms in total. The minimum absolute atomic E-state index is 0.0267. The summed E-state index contributed by atoms with van der Waals surface area (Å²) in [5.41, 5.74) is 3.03. The van der Waals surface area contributed by atoms with E-state index in [0.29, 0.717) is 12.2 Å². The average Bonchev–Trinajstić information content (AvgIpc) is 3.27. The summed E-state index contributed by atoms with van der Waals surface area (Å²) in [5.74, 6) is 0.879. The van der Waals surface area contributed by atoms with E-state index in [9.17, 15) is 4.79 Å². The van der Waals surface area contributed by atoms with Gasteiger partial charge >= 0.3 is 0 Å². The van der Waals surface area contributed by atoms with Crippen LogP contribution in [0.15, 0.2) is 48.5 Å². The van der Waals surface area contributed by atoms with Crippen molar-refractivity contribution in [1.82, 2.24) is 15.1 Å². The summed E-state index contributed by atoms with van der Waals surface area (Å²) in [4.78, 5) is 17.4. The Kier molecular flexibility index (Phi) is 4.00. The topological polar surface area (TPSA) is 49.3 Å². The molecule has 1 amide bonds. The zero-order chi connectivity index (χ0) is 18.2. The summed E-state index contributed by atoms with van der Waals surface area (Å²) in [6.45, 7) is 3.38. The number of aromatic nitrogens is 2. The van der Waals surface area contributed by atoms with E-state index >= 15 is 0 Å². The van der Waals surface area contributed by atoms with Crippen LogP contribution in [0.3, 0.4) is 0 Å². The van der Waals surface area contributed by atoms with Crippen LogP contribution in [-0.2, 0) is 13.0 Å². The number of amides is 1. The summed E-state index contributed by atoms with van der Waals surface area (Å²) >= 11 is 0. The number of hydrogen-bond donors (Lipinski definition) is 0. The van der Waals surface area contributed by atoms with Crippen molar-refractivity contribution in [2.24, 2.45) is 0 Å². The number of hydrogen-bond acceptors (Lipinski definition) is 4. The number of nitrogens with zero attached hydrogens (tertiary/aromatic N) is 4. The van der Waals surface area contributed by atoms with Crippen molar-refractivity contribution < 1.29 is 4.79 Å². The van der Waals surface area contributed by atoms with Gasteiger partial charge in [0, 0.05) is 37.0 Å². The van der Waals surface area contributed by atoms with Gasteiger partial charge in [0.25, 0.3) is 5.91 Å². The second-order valence-corrected chi connectivity index (χ2v) is 7.36. The number of rotatable bonds is 2. The third-order valence-corrected chi connectivity index (χ3v) is 5.69. The van der Waals surface area contributed by atoms with E-state index in [1.165, 1.54) is 24.0 Å². The lowest BCUT2D eigenvalue weighted by Gasteiger charge is -2.29. The second-order valence-electron chi connectivity index (χ2n) is 7.36. The summed E-state index contributed by atoms with van der Waals surface area (Å²) in [6.07, 6.45) is 3.26. The fourth-order valence-corrected chi connectivity index (χ4v) is 4.23. The zero-order valence-corrected chi connectivity index (χ0v) is 15.3. The lowest BCUT2D eigenvalue weighted by molar-refractivity contribution is 0.0730. The van der Waals surface area contributed by atoms with Crippen LogP contribution in [0.1, 0.15) is 34.5 Å². The highest BCUT2D eigenvalue weighted by molar-refractivity contribution is 6.07. The molecule has 1 fully saturated rings. The summed E-state index contributed by atoms with van der Waals surface area (Å²) in [7, 11) is 0. The maximum atomic E-state index is 13.3. The van der Waals surface area contributed by atoms with Gasteiger partial charge in [-0.05, 0) is 30.4 Å². The Morgan fingerprint density at radius 3 is 2.33 bits per heavy atom. The second kappa shape index (κ2) is 6.65. The lowest BCUT2D eigenvalue weighted by atomic mass is 9.99. The van der Waals surface area contributed by atoms with Crippen LogP contribution in [0.2, 0.25) is 0 Å². The molecule has 3 aromatic rings. The Bertz CT molecular complexity index is 1010. The Labute approximate surface area is 158 Å². The molecule has 136 valence electrons. The maximum Gasteiger partial charge on any atom is 0.275 e. The highest BCUT2D eigenvalue weighted by atomic mass is 16.2. The Morgan fingerprint density at radius 2 is 1.52 bits per heavy atom. The summed E-state index contributed by atoms with van der Waals surface area (Å²) < 4.78 is 0. The Balaban J connectivity index is 1.52. The summed E-state index contributed by atoms with van der Waals surface area (Å²) in [6, 6.07) is 16.4. The predicted octanol–water partition coefficient (Wildman–Crippen LogP) is 3.43. The van der Waals surface area contributed by atoms with Gasteiger partial charge in [0.05, 0.1) is 0 Å². The van der Waals surface area contributed by atoms with Gasteiger partial charge in [-0.25, -0.2) is 0 Å². The van der Waals surface area contributed by atoms with Crippen LogP contribution in [0.5, 0.6) is 0 Å². The number of benzene rings is 2. The third-order valence-electron chi connectivity index (χ3n) is 5.69. The van der Waals surface area contributed by atoms with E-state index in [-0.39, 0.29) is 5.91 Å². The Morgan fingerprint density at radius 1 is 0.815 bits per heavy atom. The van der Waals surface area contributed by atoms with Crippen LogP contribution in [0, 0.1) is 0 Å². The van der Waals surface area contributed by atoms with E-state index in [2.05, 4.69) is 39.4 Å². The molecule has 0 atom stereocenters. The van der Waals surface area contributed by atoms with Crippen LogP contribution in [0.4, 0.5) is 5.82 Å². The minimum atomic E-state index is -0.0267. The molecule has 0 bridgehead atoms. The smallest absolute Gasteiger partial charge is 0.275 e. The molecule has 0 spiro atoms. The van der Waals surface area contributed by atoms with Gasteiger partial charge in [-0.3, -0.25) is 4.79 Å². The number of fused-ring (bicyclic) bond motifs is 2. The average molecular weight is 358 g/mol. The van der Waals surface area contributed by atoms with Gasteiger partial charge in [-0.2, -0.15) is 0 Å². The molecule has 1 saturated heterocycles. The first kappa shape index (κ1) is 16.2. The number of carbonyl (C=O) groups excluding carboxylic acids is 1. The molecule has 5 rings (SSSR count). The molecule has 0 N–H and O–H groups in total. The normalized spacial score (nSPS) is 16.6. The first-order valence-corrected chi connectivity index (χ1v) is 9.68. The molecule has 2 aromatic carbocycles. The molecule has 0 saturated carbocycles. The predicted molar refractivity (Wildman–Crippen MR) is 106 cm³/mol. The molecule has 27 heavy (non-hydrogen) atoms. The van der Waals surface area contributed by atoms with Crippen molar-refractivity contribution in [3.05, 3.63) is 65.4 Å². The molecule has 5 heteroatoms. The number of carbonyl (C=O) groups is 1. The van der Waals surface area contributed by atoms with E-state index in [1.54, 1.807) is 0 Å². The van der Waals surface area contributed by atoms with E-state index in [1.807, 2.05) is 29.2 Å². The first-order valence-electron chi connectivity index (χ1n) is 9.68. The molecule has 1 aromatic heterocycles. The Hall–Kier alpha value is -2.95. The highest BCUT2D eigenvalue weighted by Gasteiger charge is 2.26. The van der Waals surface area contributed by atoms with Crippen molar-refractivity contribution >= 4 is 22.5 Å². The lowest BCUT2D eigenvalue weighted by Crippen LogP contribution is -2.36. The number of anilines is 1. The largest absolute Gasteiger partial charge is 0.355 e. The molecular weight excluding hydrogens is 336 g/mol. The zero-order valence-electron chi connectivity index (χ0n) is 15.3. The molecule has 2 aliphatic heterocycles. The highest BCUT2D eigenvalue weighted by Crippen LogP contribution is 2.29. The van der Waals surface area contributed by atoms with Gasteiger partial charge in [-0.15, -0.1) is 10.2 Å². The van der Waals surface area contributed by atoms with Crippen LogP contribution >= 0.6 is 0 Å². The minimum Gasteiger partial charge on any atom is -0.355 e. The molecule has 0 aliphatic carbocycles. The van der Waals surface area contributed by atoms with E-state index in [0.717, 1.165) is 42.6 Å². The van der Waals surface area contributed by atoms with Gasteiger partial charge in [-0.1, -0.05) is 48.5 Å². The van der Waals surface area contributed by atoms with Gasteiger partial charge in [0.1, 0.15) is 0 Å². The third kappa shape index (κ3) is 2.83. The molecule has 3 heterocycles. The SMILES string of the molecule is O=C(c1nnc(N2CCCC2)c2ccccc12)N1CCc2ccccc2C1. The molecular formula is C22H22N4O. The fourth-order valence-electron chi connectivity index (χ4n) is 4.23. The van der Waals surface area contributed by atoms with Crippen molar-refractivity contribution in [1.29, 1.82) is 0 Å². The molecule has 0 radical (unpaired) electrons. The monoisotopic (exact) mass is 358 g/mol. The van der Waals surface area contributed by atoms with Crippen molar-refractivity contribution in [2.75, 3.05) is 24.5 Å². The molecule has 0 unspecified atom stereocenters. The van der Waals surface area contributed by atoms with Crippen molar-refractivity contribution in [3.8, 4) is 0 Å². The van der Waals surface area contributed by atoms with Crippen molar-refractivity contribution in [3.63, 3.8) is 0 Å². The van der Waals surface area contributed by atoms with Gasteiger partial charge < -0.3 is 9.80 Å². The van der Waals surface area contributed by atoms with Crippen molar-refractivity contribution in [2.45, 2.75) is 25.8 Å². The van der Waals surface area contributed by atoms with Crippen LogP contribution in [0.25, 0.3) is 10.8 Å². The maximum absolute atomic E-state index is 13.3. The quantitative estimate of drug-likeness (QED) is 0.704.